The van der Waals surface area contributed by atoms with Crippen molar-refractivity contribution >= 4 is 55.1 Å². The van der Waals surface area contributed by atoms with E-state index in [9.17, 15) is 23.5 Å². The van der Waals surface area contributed by atoms with Gasteiger partial charge in [0.15, 0.2) is 11.4 Å². The van der Waals surface area contributed by atoms with E-state index in [4.69, 9.17) is 14.2 Å². The summed E-state index contributed by atoms with van der Waals surface area (Å²) in [6.07, 6.45) is 10.8. The summed E-state index contributed by atoms with van der Waals surface area (Å²) in [5.41, 5.74) is 5.39. The largest absolute Gasteiger partial charge is 0.629 e. The molecule has 2 bridgehead atoms. The summed E-state index contributed by atoms with van der Waals surface area (Å²) < 4.78 is 64.4. The van der Waals surface area contributed by atoms with Crippen LogP contribution in [0.25, 0.3) is 22.1 Å². The zero-order valence-corrected chi connectivity index (χ0v) is 48.4. The lowest BCUT2D eigenvalue weighted by Crippen LogP contribution is -2.98. The number of nitrogens with one attached hydrogen (secondary N) is 5. The number of amides is 1. The zero-order chi connectivity index (χ0) is 57.2. The van der Waals surface area contributed by atoms with Crippen LogP contribution in [0.5, 0.6) is 23.1 Å². The van der Waals surface area contributed by atoms with Crippen molar-refractivity contribution in [3.8, 4) is 23.1 Å². The fourth-order valence-electron chi connectivity index (χ4n) is 13.9. The third-order valence-corrected chi connectivity index (χ3v) is 19.9. The lowest BCUT2D eigenvalue weighted by Gasteiger charge is -2.66. The summed E-state index contributed by atoms with van der Waals surface area (Å²) in [5.74, 6) is 0.00923. The number of hydrogen-bond donors (Lipinski definition) is 6. The lowest BCUT2D eigenvalue weighted by molar-refractivity contribution is -0.750. The van der Waals surface area contributed by atoms with Crippen LogP contribution in [-0.4, -0.2) is 120 Å². The van der Waals surface area contributed by atoms with E-state index in [1.807, 2.05) is 6.92 Å². The minimum absolute atomic E-state index is 0.00257. The summed E-state index contributed by atoms with van der Waals surface area (Å²) in [7, 11) is -1.65. The number of imidazole rings is 1. The number of sulfonamides is 1. The van der Waals surface area contributed by atoms with Gasteiger partial charge >= 0.3 is 0 Å². The first-order valence-corrected chi connectivity index (χ1v) is 30.5. The van der Waals surface area contributed by atoms with Gasteiger partial charge in [0.05, 0.1) is 55.2 Å². The Hall–Kier alpha value is -6.81. The number of fused-ring (bicyclic) bond motifs is 4. The maximum absolute atomic E-state index is 15.1. The summed E-state index contributed by atoms with van der Waals surface area (Å²) >= 11 is 0. The van der Waals surface area contributed by atoms with Crippen molar-refractivity contribution in [2.45, 2.75) is 133 Å². The first-order chi connectivity index (χ1) is 39.4. The van der Waals surface area contributed by atoms with Gasteiger partial charge in [-0.2, -0.15) is 4.98 Å². The number of ether oxygens (including phenoxy) is 3. The Balaban J connectivity index is 0.790. The van der Waals surface area contributed by atoms with E-state index in [-0.39, 0.29) is 68.0 Å². The molecule has 6 fully saturated rings. The molecule has 1 spiro atoms. The van der Waals surface area contributed by atoms with Crippen LogP contribution in [0.4, 0.5) is 21.5 Å². The van der Waals surface area contributed by atoms with Gasteiger partial charge < -0.3 is 49.8 Å². The molecule has 6 aliphatic rings. The Morgan fingerprint density at radius 3 is 2.46 bits per heavy atom. The number of aliphatic hydroxyl groups is 1. The van der Waals surface area contributed by atoms with E-state index < -0.39 is 32.4 Å². The minimum Gasteiger partial charge on any atom is -0.629 e. The average Bonchev–Trinajstić information content (AvgIpc) is 4.20. The molecule has 0 radical (unpaired) electrons. The third-order valence-electron chi connectivity index (χ3n) is 18.6. The molecular formula is C62H75FN10O8S. The Labute approximate surface area is 478 Å². The van der Waals surface area contributed by atoms with Crippen LogP contribution < -0.4 is 34.2 Å². The van der Waals surface area contributed by atoms with Gasteiger partial charge in [-0.25, -0.2) is 22.5 Å². The van der Waals surface area contributed by atoms with Crippen LogP contribution >= 0.6 is 0 Å². The van der Waals surface area contributed by atoms with E-state index in [0.29, 0.717) is 60.7 Å². The maximum Gasteiger partial charge on any atom is 0.268 e. The van der Waals surface area contributed by atoms with Crippen molar-refractivity contribution in [1.29, 1.82) is 0 Å². The van der Waals surface area contributed by atoms with Crippen LogP contribution in [0.1, 0.15) is 124 Å². The molecule has 1 amide bonds. The van der Waals surface area contributed by atoms with E-state index in [2.05, 4.69) is 107 Å². The summed E-state index contributed by atoms with van der Waals surface area (Å²) in [5, 5.41) is 26.9. The molecule has 434 valence electrons. The van der Waals surface area contributed by atoms with Gasteiger partial charge in [-0.15, -0.1) is 0 Å². The van der Waals surface area contributed by atoms with Gasteiger partial charge in [-0.3, -0.25) is 14.6 Å². The molecule has 6 N–H and O–H groups in total. The zero-order valence-electron chi connectivity index (χ0n) is 47.6. The van der Waals surface area contributed by atoms with Crippen LogP contribution in [-0.2, 0) is 16.6 Å². The number of piperazine rings is 1. The smallest absolute Gasteiger partial charge is 0.268 e. The van der Waals surface area contributed by atoms with Crippen LogP contribution in [0.3, 0.4) is 0 Å². The topological polar surface area (TPSA) is 218 Å². The standard InChI is InChI=1S/C62H75FN10O8S/c1-7-80-60-52(28-47-48(63)33-65-58(47)68-60)81-51-27-40(14-17-46(51)59(74)69-82(77,78)53-29-49(70(5)76)54(56-55(53)66-36-67-56)64-32-38-18-20-61(4,75)21-19-38)71-24-22-62(23-25-71)30-42(31-62)73-35-41-26-50(57(73)45-11-9-8-10-44(45)37(2)3)72(41)34-39-12-15-43(79-6)16-13-39/h8-17,27-29,33,36-38,41-42,50,57,64,70,75H,7,18-26,30-32,34-35H2,1-6H3,(H,65,68)(H,66,67)(H,69,74)/t38-,41?,50?,57-,61-/m1/s1. The van der Waals surface area contributed by atoms with E-state index >= 15 is 4.39 Å². The van der Waals surface area contributed by atoms with Gasteiger partial charge in [0.25, 0.3) is 21.8 Å². The molecule has 4 saturated heterocycles. The fraction of sp³-hybridized carbons (Fsp3) is 0.468. The SMILES string of the molecule is CCOc1nc2[nH]cc(F)c2cc1Oc1cc(N2CCC3(CC2)CC(N2CC4CC([C@H]2c2ccccc2C(C)C)N4Cc2ccc(OC)cc2)C3)ccc1C(=O)NS(=O)(=O)c1cc([NH+](C)[O-])c(NC[C@H]2CC[C@](C)(O)CC2)c2[nH]cnc12. The molecule has 2 saturated carbocycles. The summed E-state index contributed by atoms with van der Waals surface area (Å²) in [4.78, 5) is 36.8. The van der Waals surface area contributed by atoms with Crippen molar-refractivity contribution in [3.05, 3.63) is 125 Å². The number of carbonyl (C=O) groups excluding carboxylic acids is 1. The molecule has 4 aromatic carbocycles. The molecule has 7 aromatic rings. The number of nitrogens with zero attached hydrogens (tertiary/aromatic N) is 5. The lowest BCUT2D eigenvalue weighted by atomic mass is 9.59. The Morgan fingerprint density at radius 1 is 0.988 bits per heavy atom. The van der Waals surface area contributed by atoms with Crippen LogP contribution in [0, 0.1) is 22.4 Å². The molecule has 82 heavy (non-hydrogen) atoms. The molecule has 2 aliphatic carbocycles. The molecule has 13 rings (SSSR count). The van der Waals surface area contributed by atoms with Crippen LogP contribution in [0.2, 0.25) is 0 Å². The molecule has 7 heterocycles. The van der Waals surface area contributed by atoms with Crippen molar-refractivity contribution < 1.29 is 42.0 Å². The number of piperidine rings is 2. The number of aromatic nitrogens is 4. The second kappa shape index (κ2) is 22.1. The highest BCUT2D eigenvalue weighted by molar-refractivity contribution is 7.90. The Bertz CT molecular complexity index is 3600. The number of pyridine rings is 1. The molecule has 20 heteroatoms. The number of H-pyrrole nitrogens is 2. The van der Waals surface area contributed by atoms with Crippen molar-refractivity contribution in [3.63, 3.8) is 0 Å². The van der Waals surface area contributed by atoms with Gasteiger partial charge in [-0.1, -0.05) is 50.2 Å². The van der Waals surface area contributed by atoms with Crippen molar-refractivity contribution in [2.75, 3.05) is 57.2 Å². The molecule has 4 atom stereocenters. The number of carbonyl (C=O) groups is 1. The van der Waals surface area contributed by atoms with E-state index in [0.717, 1.165) is 76.1 Å². The molecule has 18 nitrogen and oxygen atoms in total. The highest BCUT2D eigenvalue weighted by Crippen LogP contribution is 2.57. The average molecular weight is 1140 g/mol. The normalized spacial score (nSPS) is 23.4. The van der Waals surface area contributed by atoms with E-state index in [1.54, 1.807) is 32.2 Å². The maximum atomic E-state index is 15.1. The number of benzene rings is 4. The molecule has 4 aliphatic heterocycles. The highest BCUT2D eigenvalue weighted by Gasteiger charge is 2.57. The number of hydrogen-bond acceptors (Lipinski definition) is 14. The molecule has 3 unspecified atom stereocenters. The number of methoxy groups -OCH3 is 1. The quantitative estimate of drug-likeness (QED) is 0.0442. The van der Waals surface area contributed by atoms with Crippen molar-refractivity contribution in [1.82, 2.24) is 34.5 Å². The Kier molecular flexibility index (Phi) is 15.0. The van der Waals surface area contributed by atoms with Gasteiger partial charge in [-0.05, 0) is 130 Å². The number of halogens is 1. The second-order valence-corrected chi connectivity index (χ2v) is 25.9. The minimum atomic E-state index is -4.71. The number of aromatic amines is 2. The van der Waals surface area contributed by atoms with Gasteiger partial charge in [0.1, 0.15) is 39.1 Å². The molecular weight excluding hydrogens is 1060 g/mol. The van der Waals surface area contributed by atoms with E-state index in [1.165, 1.54) is 54.8 Å². The summed E-state index contributed by atoms with van der Waals surface area (Å²) in [6, 6.07) is 27.0. The first-order valence-electron chi connectivity index (χ1n) is 29.1. The number of rotatable bonds is 18. The third kappa shape index (κ3) is 10.7. The van der Waals surface area contributed by atoms with Crippen LogP contribution in [0.15, 0.2) is 96.3 Å². The van der Waals surface area contributed by atoms with Gasteiger partial charge in [0, 0.05) is 80.9 Å². The summed E-state index contributed by atoms with van der Waals surface area (Å²) in [6.45, 7) is 12.4. The fourth-order valence-corrected chi connectivity index (χ4v) is 15.1. The number of anilines is 2. The highest BCUT2D eigenvalue weighted by atomic mass is 32.2. The van der Waals surface area contributed by atoms with Crippen molar-refractivity contribution in [2.24, 2.45) is 11.3 Å². The number of hydroxylamine groups is 1. The Morgan fingerprint density at radius 2 is 1.74 bits per heavy atom. The number of quaternary nitrogens is 1. The van der Waals surface area contributed by atoms with Gasteiger partial charge in [0.2, 0.25) is 0 Å². The first kappa shape index (κ1) is 55.7. The monoisotopic (exact) mass is 1140 g/mol. The molecule has 3 aromatic heterocycles. The predicted octanol–water partition coefficient (Wildman–Crippen LogP) is 9.47. The second-order valence-electron chi connectivity index (χ2n) is 24.2. The predicted molar refractivity (Wildman–Crippen MR) is 313 cm³/mol.